The average molecular weight is 911 g/mol. The highest BCUT2D eigenvalue weighted by Gasteiger charge is 2.36. The van der Waals surface area contributed by atoms with Gasteiger partial charge in [0.1, 0.15) is 5.82 Å². The summed E-state index contributed by atoms with van der Waals surface area (Å²) in [6.07, 6.45) is 9.98. The molecular weight excluding hydrogens is 876 g/mol. The number of rotatable bonds is 8. The molecule has 2 aromatic carbocycles. The molecule has 0 atom stereocenters. The third-order valence-corrected chi connectivity index (χ3v) is 14.1. The second kappa shape index (κ2) is 18.2. The standard InChI is InChI=1S/C20H17FN6O2S2.C20H18N6OS3/c21-14-9-12(1-2-15(14)26-4-6-29-7-5-26)17-13(11-24-25-17)10-16-18(28)27(19(22)31-16)20-23-3-8-30-20;21-19-26(20-22-5-8-29-20)18(27)16(30-19)11-14-12-23-24-17(14)13-1-3-15(4-2-13)25-6-9-28-10-7-25/h1-3,8-11,22H,4-7H2,(H,24,25);1-5,8,11-12,21H,6-7,9-10H2,(H,23,24)/b16-10-,22-19?;16-11-,21-19?. The van der Waals surface area contributed by atoms with Crippen LogP contribution in [0.1, 0.15) is 11.1 Å². The van der Waals surface area contributed by atoms with Crippen molar-refractivity contribution in [3.63, 3.8) is 0 Å². The van der Waals surface area contributed by atoms with E-state index in [1.54, 1.807) is 53.8 Å². The average Bonchev–Trinajstić information content (AvgIpc) is 4.16. The van der Waals surface area contributed by atoms with E-state index in [1.165, 1.54) is 55.7 Å². The summed E-state index contributed by atoms with van der Waals surface area (Å²) in [5.74, 6) is 1.46. The Kier molecular flexibility index (Phi) is 12.2. The van der Waals surface area contributed by atoms with Crippen molar-refractivity contribution in [3.05, 3.63) is 105 Å². The van der Waals surface area contributed by atoms with Gasteiger partial charge in [0.25, 0.3) is 11.8 Å². The third kappa shape index (κ3) is 8.66. The van der Waals surface area contributed by atoms with Crippen molar-refractivity contribution >= 4 is 114 Å². The summed E-state index contributed by atoms with van der Waals surface area (Å²) in [6, 6.07) is 13.5. The smallest absolute Gasteiger partial charge is 0.273 e. The number of amidine groups is 2. The van der Waals surface area contributed by atoms with Gasteiger partial charge < -0.3 is 14.5 Å². The lowest BCUT2D eigenvalue weighted by Crippen LogP contribution is -2.36. The molecule has 0 unspecified atom stereocenters. The summed E-state index contributed by atoms with van der Waals surface area (Å²) < 4.78 is 20.2. The minimum Gasteiger partial charge on any atom is -0.378 e. The molecule has 310 valence electrons. The lowest BCUT2D eigenvalue weighted by molar-refractivity contribution is -0.114. The van der Waals surface area contributed by atoms with Crippen molar-refractivity contribution < 1.29 is 18.7 Å². The molecule has 0 bridgehead atoms. The van der Waals surface area contributed by atoms with Crippen LogP contribution < -0.4 is 19.6 Å². The zero-order chi connectivity index (χ0) is 41.9. The highest BCUT2D eigenvalue weighted by molar-refractivity contribution is 8.19. The number of anilines is 4. The van der Waals surface area contributed by atoms with Crippen LogP contribution in [0.15, 0.2) is 87.8 Å². The zero-order valence-corrected chi connectivity index (χ0v) is 36.1. The molecule has 4 saturated heterocycles. The van der Waals surface area contributed by atoms with E-state index < -0.39 is 0 Å². The van der Waals surface area contributed by atoms with Crippen LogP contribution in [0.25, 0.3) is 34.7 Å². The molecule has 15 nitrogen and oxygen atoms in total. The summed E-state index contributed by atoms with van der Waals surface area (Å²) in [4.78, 5) is 41.8. The third-order valence-electron chi connectivity index (χ3n) is 9.90. The minimum absolute atomic E-state index is 0.0946. The number of nitrogens with one attached hydrogen (secondary N) is 4. The summed E-state index contributed by atoms with van der Waals surface area (Å²) >= 11 is 6.83. The van der Waals surface area contributed by atoms with Gasteiger partial charge in [-0.1, -0.05) is 18.2 Å². The Balaban J connectivity index is 0.000000156. The molecule has 21 heteroatoms. The monoisotopic (exact) mass is 910 g/mol. The molecule has 0 aliphatic carbocycles. The second-order valence-electron chi connectivity index (χ2n) is 13.6. The van der Waals surface area contributed by atoms with Crippen molar-refractivity contribution in [3.8, 4) is 22.5 Å². The highest BCUT2D eigenvalue weighted by Crippen LogP contribution is 2.39. The van der Waals surface area contributed by atoms with Gasteiger partial charge >= 0.3 is 0 Å². The van der Waals surface area contributed by atoms with Gasteiger partial charge in [0.05, 0.1) is 52.5 Å². The van der Waals surface area contributed by atoms with Crippen LogP contribution in [0.2, 0.25) is 0 Å². The number of morpholine rings is 1. The Morgan fingerprint density at radius 3 is 1.77 bits per heavy atom. The molecule has 0 saturated carbocycles. The van der Waals surface area contributed by atoms with Crippen LogP contribution in [0.3, 0.4) is 0 Å². The van der Waals surface area contributed by atoms with E-state index >= 15 is 0 Å². The maximum Gasteiger partial charge on any atom is 0.273 e. The molecule has 6 aromatic rings. The van der Waals surface area contributed by atoms with Crippen LogP contribution in [-0.4, -0.2) is 103 Å². The number of nitrogens with zero attached hydrogens (tertiary/aromatic N) is 8. The summed E-state index contributed by atoms with van der Waals surface area (Å²) in [6.45, 7) is 4.62. The van der Waals surface area contributed by atoms with Crippen LogP contribution >= 0.6 is 58.0 Å². The van der Waals surface area contributed by atoms with E-state index in [4.69, 9.17) is 15.6 Å². The maximum atomic E-state index is 14.9. The Hall–Kier alpha value is -5.58. The fourth-order valence-electron chi connectivity index (χ4n) is 6.91. The lowest BCUT2D eigenvalue weighted by Gasteiger charge is -2.29. The first-order valence-corrected chi connectivity index (χ1v) is 23.4. The molecule has 2 amide bonds. The van der Waals surface area contributed by atoms with Gasteiger partial charge in [-0.25, -0.2) is 24.2 Å². The van der Waals surface area contributed by atoms with Crippen LogP contribution in [0.4, 0.5) is 26.0 Å². The number of benzene rings is 2. The molecule has 8 heterocycles. The zero-order valence-electron chi connectivity index (χ0n) is 32.0. The van der Waals surface area contributed by atoms with Gasteiger partial charge in [-0.3, -0.25) is 30.6 Å². The van der Waals surface area contributed by atoms with Crippen LogP contribution in [0.5, 0.6) is 0 Å². The molecule has 4 aliphatic heterocycles. The molecule has 4 aromatic heterocycles. The number of ether oxygens (including phenoxy) is 1. The van der Waals surface area contributed by atoms with E-state index in [-0.39, 0.29) is 28.0 Å². The van der Waals surface area contributed by atoms with Gasteiger partial charge in [0.15, 0.2) is 20.6 Å². The predicted molar refractivity (Wildman–Crippen MR) is 246 cm³/mol. The van der Waals surface area contributed by atoms with Crippen molar-refractivity contribution in [1.29, 1.82) is 10.8 Å². The molecule has 4 fully saturated rings. The number of thiazole rings is 2. The van der Waals surface area contributed by atoms with Crippen molar-refractivity contribution in [2.75, 3.05) is 70.5 Å². The lowest BCUT2D eigenvalue weighted by atomic mass is 10.1. The number of thioether (sulfide) groups is 3. The fraction of sp³-hybridized carbons (Fsp3) is 0.200. The molecule has 61 heavy (non-hydrogen) atoms. The van der Waals surface area contributed by atoms with Gasteiger partial charge in [-0.05, 0) is 59.9 Å². The van der Waals surface area contributed by atoms with Crippen LogP contribution in [-0.2, 0) is 14.3 Å². The van der Waals surface area contributed by atoms with Gasteiger partial charge in [-0.2, -0.15) is 22.0 Å². The minimum atomic E-state index is -0.323. The van der Waals surface area contributed by atoms with E-state index in [2.05, 4.69) is 59.5 Å². The van der Waals surface area contributed by atoms with Crippen molar-refractivity contribution in [2.45, 2.75) is 0 Å². The number of halogens is 1. The van der Waals surface area contributed by atoms with E-state index in [0.29, 0.717) is 68.9 Å². The number of carbonyl (C=O) groups is 2. The fourth-order valence-corrected chi connectivity index (χ4v) is 10.9. The Labute approximate surface area is 369 Å². The van der Waals surface area contributed by atoms with Gasteiger partial charge in [0, 0.05) is 88.8 Å². The second-order valence-corrected chi connectivity index (χ2v) is 18.6. The Morgan fingerprint density at radius 2 is 1.25 bits per heavy atom. The molecule has 10 rings (SSSR count). The molecule has 0 spiro atoms. The number of amides is 2. The quantitative estimate of drug-likeness (QED) is 0.109. The van der Waals surface area contributed by atoms with Gasteiger partial charge in [-0.15, -0.1) is 22.7 Å². The number of H-pyrrole nitrogens is 2. The maximum absolute atomic E-state index is 14.9. The van der Waals surface area contributed by atoms with E-state index in [0.717, 1.165) is 53.4 Å². The van der Waals surface area contributed by atoms with Gasteiger partial charge in [0.2, 0.25) is 0 Å². The molecular formula is C40H35FN12O3S5. The molecule has 4 N–H and O–H groups in total. The molecule has 4 aliphatic rings. The summed E-state index contributed by atoms with van der Waals surface area (Å²) in [5, 5.41) is 35.3. The number of aromatic amines is 2. The first kappa shape index (κ1) is 40.8. The predicted octanol–water partition coefficient (Wildman–Crippen LogP) is 7.71. The normalized spacial score (nSPS) is 18.5. The summed E-state index contributed by atoms with van der Waals surface area (Å²) in [5.41, 5.74) is 6.33. The Morgan fingerprint density at radius 1 is 0.705 bits per heavy atom. The van der Waals surface area contributed by atoms with Crippen LogP contribution in [0, 0.1) is 16.6 Å². The number of hydrogen-bond donors (Lipinski definition) is 4. The molecule has 0 radical (unpaired) electrons. The first-order valence-electron chi connectivity index (χ1n) is 18.9. The SMILES string of the molecule is N=C1S/C(=C\c2cn[nH]c2-c2ccc(N3CCOCC3)c(F)c2)C(=O)N1c1nccs1.N=C1S/C(=C\c2cn[nH]c2-c2ccc(N3CCSCC3)cc2)C(=O)N1c1nccs1. The topological polar surface area (TPSA) is 187 Å². The number of aromatic nitrogens is 6. The number of hydrogen-bond acceptors (Lipinski definition) is 16. The highest BCUT2D eigenvalue weighted by atomic mass is 32.2. The van der Waals surface area contributed by atoms with Crippen molar-refractivity contribution in [2.24, 2.45) is 0 Å². The largest absolute Gasteiger partial charge is 0.378 e. The van der Waals surface area contributed by atoms with Crippen molar-refractivity contribution in [1.82, 2.24) is 30.4 Å². The van der Waals surface area contributed by atoms with E-state index in [1.807, 2.05) is 22.7 Å². The number of carbonyl (C=O) groups excluding carboxylic acids is 2. The van der Waals surface area contributed by atoms with E-state index in [9.17, 15) is 14.0 Å². The Bertz CT molecular complexity index is 2630. The first-order chi connectivity index (χ1) is 29.8. The summed E-state index contributed by atoms with van der Waals surface area (Å²) in [7, 11) is 0.